The summed E-state index contributed by atoms with van der Waals surface area (Å²) in [6, 6.07) is 13.3. The molecule has 7 nitrogen and oxygen atoms in total. The second kappa shape index (κ2) is 10.2. The summed E-state index contributed by atoms with van der Waals surface area (Å²) in [6.45, 7) is 4.68. The van der Waals surface area contributed by atoms with Gasteiger partial charge in [0, 0.05) is 48.4 Å². The van der Waals surface area contributed by atoms with Crippen LogP contribution < -0.4 is 5.32 Å². The third-order valence-corrected chi connectivity index (χ3v) is 6.88. The summed E-state index contributed by atoms with van der Waals surface area (Å²) in [5.41, 5.74) is 4.52. The Morgan fingerprint density at radius 3 is 2.62 bits per heavy atom. The van der Waals surface area contributed by atoms with Gasteiger partial charge in [-0.2, -0.15) is 16.9 Å². The normalized spacial score (nSPS) is 19.0. The lowest BCUT2D eigenvalue weighted by atomic mass is 9.93. The Morgan fingerprint density at radius 2 is 1.91 bits per heavy atom. The highest BCUT2D eigenvalue weighted by Crippen LogP contribution is 2.31. The van der Waals surface area contributed by atoms with E-state index in [0.29, 0.717) is 11.3 Å². The first kappa shape index (κ1) is 22.4. The van der Waals surface area contributed by atoms with Gasteiger partial charge in [0.05, 0.1) is 12.8 Å². The number of anilines is 1. The van der Waals surface area contributed by atoms with Crippen LogP contribution in [0, 0.1) is 0 Å². The van der Waals surface area contributed by atoms with Crippen molar-refractivity contribution < 1.29 is 14.7 Å². The highest BCUT2D eigenvalue weighted by atomic mass is 32.2. The summed E-state index contributed by atoms with van der Waals surface area (Å²) in [6.07, 6.45) is 2.64. The van der Waals surface area contributed by atoms with Crippen LogP contribution in [-0.4, -0.2) is 70.8 Å². The molecule has 2 heterocycles. The molecule has 168 valence electrons. The third kappa shape index (κ3) is 5.49. The van der Waals surface area contributed by atoms with Gasteiger partial charge in [0.1, 0.15) is 0 Å². The average Bonchev–Trinajstić information content (AvgIpc) is 2.80. The molecule has 8 heteroatoms. The minimum absolute atomic E-state index is 0.0104. The Kier molecular flexibility index (Phi) is 7.12. The van der Waals surface area contributed by atoms with E-state index in [4.69, 9.17) is 5.11 Å². The molecular formula is C24H28N4O3S. The van der Waals surface area contributed by atoms with Crippen LogP contribution >= 0.6 is 11.8 Å². The maximum Gasteiger partial charge on any atom is 0.317 e. The minimum atomic E-state index is -0.826. The van der Waals surface area contributed by atoms with Gasteiger partial charge < -0.3 is 10.4 Å². The number of amides is 1. The van der Waals surface area contributed by atoms with E-state index in [2.05, 4.69) is 15.4 Å². The lowest BCUT2D eigenvalue weighted by Crippen LogP contribution is -2.37. The lowest BCUT2D eigenvalue weighted by molar-refractivity contribution is -0.139. The topological polar surface area (TPSA) is 85.2 Å². The van der Waals surface area contributed by atoms with Crippen molar-refractivity contribution in [3.8, 4) is 0 Å². The molecular weight excluding hydrogens is 424 g/mol. The van der Waals surface area contributed by atoms with E-state index in [9.17, 15) is 9.59 Å². The zero-order valence-electron chi connectivity index (χ0n) is 18.2. The van der Waals surface area contributed by atoms with Crippen molar-refractivity contribution in [1.29, 1.82) is 0 Å². The van der Waals surface area contributed by atoms with Crippen LogP contribution in [0.25, 0.3) is 0 Å². The van der Waals surface area contributed by atoms with Crippen molar-refractivity contribution >= 4 is 35.5 Å². The maximum absolute atomic E-state index is 12.7. The molecule has 4 rings (SSSR count). The predicted molar refractivity (Wildman–Crippen MR) is 129 cm³/mol. The number of carbonyl (C=O) groups is 2. The van der Waals surface area contributed by atoms with Gasteiger partial charge in [-0.05, 0) is 54.3 Å². The number of aliphatic carboxylic acids is 1. The zero-order chi connectivity index (χ0) is 22.5. The van der Waals surface area contributed by atoms with Gasteiger partial charge in [0.25, 0.3) is 5.91 Å². The SMILES string of the molecule is CC1c2cc(NC(=O)c3ccc(C=NN4CCSCC4)cc3)ccc2CCN1CC(=O)O. The fourth-order valence-corrected chi connectivity index (χ4v) is 4.96. The van der Waals surface area contributed by atoms with Crippen molar-refractivity contribution in [3.63, 3.8) is 0 Å². The zero-order valence-corrected chi connectivity index (χ0v) is 19.0. The van der Waals surface area contributed by atoms with E-state index in [1.807, 2.05) is 60.1 Å². The molecule has 2 aromatic carbocycles. The standard InChI is InChI=1S/C24H28N4O3S/c1-17-22-14-21(7-6-19(22)8-9-27(17)16-23(29)30)26-24(31)20-4-2-18(3-5-20)15-25-28-10-12-32-13-11-28/h2-7,14-15,17H,8-13,16H2,1H3,(H,26,31)(H,29,30). The highest BCUT2D eigenvalue weighted by molar-refractivity contribution is 7.99. The van der Waals surface area contributed by atoms with Crippen LogP contribution in [0.15, 0.2) is 47.6 Å². The Morgan fingerprint density at radius 1 is 1.16 bits per heavy atom. The number of hydrogen-bond acceptors (Lipinski definition) is 6. The van der Waals surface area contributed by atoms with Crippen LogP contribution in [0.4, 0.5) is 5.69 Å². The average molecular weight is 453 g/mol. The highest BCUT2D eigenvalue weighted by Gasteiger charge is 2.25. The van der Waals surface area contributed by atoms with E-state index in [-0.39, 0.29) is 18.5 Å². The Bertz CT molecular complexity index is 1000. The van der Waals surface area contributed by atoms with Crippen molar-refractivity contribution in [2.24, 2.45) is 5.10 Å². The Labute approximate surface area is 192 Å². The Balaban J connectivity index is 1.40. The number of nitrogens with zero attached hydrogens (tertiary/aromatic N) is 3. The van der Waals surface area contributed by atoms with Crippen molar-refractivity contribution in [2.45, 2.75) is 19.4 Å². The fourth-order valence-electron chi connectivity index (χ4n) is 4.07. The largest absolute Gasteiger partial charge is 0.480 e. The van der Waals surface area contributed by atoms with Crippen LogP contribution in [0.5, 0.6) is 0 Å². The number of carboxylic acid groups (broad SMARTS) is 1. The van der Waals surface area contributed by atoms with Gasteiger partial charge >= 0.3 is 5.97 Å². The van der Waals surface area contributed by atoms with E-state index in [0.717, 1.165) is 48.7 Å². The molecule has 0 aliphatic carbocycles. The molecule has 1 atom stereocenters. The molecule has 1 saturated heterocycles. The molecule has 0 radical (unpaired) electrons. The number of carbonyl (C=O) groups excluding carboxylic acids is 1. The van der Waals surface area contributed by atoms with Crippen LogP contribution in [0.1, 0.15) is 40.0 Å². The minimum Gasteiger partial charge on any atom is -0.480 e. The number of thioether (sulfide) groups is 1. The monoisotopic (exact) mass is 452 g/mol. The summed E-state index contributed by atoms with van der Waals surface area (Å²) < 4.78 is 0. The van der Waals surface area contributed by atoms with Crippen molar-refractivity contribution in [3.05, 3.63) is 64.7 Å². The maximum atomic E-state index is 12.7. The molecule has 1 fully saturated rings. The van der Waals surface area contributed by atoms with Gasteiger partial charge in [-0.15, -0.1) is 0 Å². The second-order valence-electron chi connectivity index (χ2n) is 8.09. The van der Waals surface area contributed by atoms with Crippen molar-refractivity contribution in [2.75, 3.05) is 43.0 Å². The Hall–Kier alpha value is -2.84. The van der Waals surface area contributed by atoms with Gasteiger partial charge in [0.15, 0.2) is 0 Å². The van der Waals surface area contributed by atoms with Gasteiger partial charge in [0.2, 0.25) is 0 Å². The molecule has 0 spiro atoms. The van der Waals surface area contributed by atoms with Crippen LogP contribution in [0.3, 0.4) is 0 Å². The molecule has 0 bridgehead atoms. The first-order chi connectivity index (χ1) is 15.5. The van der Waals surface area contributed by atoms with E-state index in [1.54, 1.807) is 12.1 Å². The van der Waals surface area contributed by atoms with E-state index < -0.39 is 5.97 Å². The number of rotatable bonds is 6. The molecule has 2 aliphatic rings. The third-order valence-electron chi connectivity index (χ3n) is 5.94. The molecule has 32 heavy (non-hydrogen) atoms. The number of nitrogens with one attached hydrogen (secondary N) is 1. The van der Waals surface area contributed by atoms with E-state index >= 15 is 0 Å². The number of fused-ring (bicyclic) bond motifs is 1. The fraction of sp³-hybridized carbons (Fsp3) is 0.375. The number of hydrogen-bond donors (Lipinski definition) is 2. The molecule has 0 aromatic heterocycles. The molecule has 1 unspecified atom stereocenters. The van der Waals surface area contributed by atoms with Gasteiger partial charge in [-0.25, -0.2) is 0 Å². The molecule has 2 N–H and O–H groups in total. The number of hydrazone groups is 1. The summed E-state index contributed by atoms with van der Waals surface area (Å²) in [7, 11) is 0. The van der Waals surface area contributed by atoms with Crippen molar-refractivity contribution in [1.82, 2.24) is 9.91 Å². The van der Waals surface area contributed by atoms with Gasteiger partial charge in [-0.3, -0.25) is 19.5 Å². The molecule has 2 aliphatic heterocycles. The summed E-state index contributed by atoms with van der Waals surface area (Å²) in [5, 5.41) is 18.7. The van der Waals surface area contributed by atoms with Gasteiger partial charge in [-0.1, -0.05) is 18.2 Å². The number of carboxylic acids is 1. The lowest BCUT2D eigenvalue weighted by Gasteiger charge is -2.34. The molecule has 2 aromatic rings. The summed E-state index contributed by atoms with van der Waals surface area (Å²) >= 11 is 1.95. The van der Waals surface area contributed by atoms with Crippen LogP contribution in [0.2, 0.25) is 0 Å². The summed E-state index contributed by atoms with van der Waals surface area (Å²) in [5.74, 6) is 1.21. The second-order valence-corrected chi connectivity index (χ2v) is 9.32. The van der Waals surface area contributed by atoms with E-state index in [1.165, 1.54) is 5.56 Å². The van der Waals surface area contributed by atoms with Crippen LogP contribution in [-0.2, 0) is 11.2 Å². The molecule has 1 amide bonds. The smallest absolute Gasteiger partial charge is 0.317 e. The first-order valence-electron chi connectivity index (χ1n) is 10.9. The quantitative estimate of drug-likeness (QED) is 0.654. The first-order valence-corrected chi connectivity index (χ1v) is 12.0. The number of benzene rings is 2. The predicted octanol–water partition coefficient (Wildman–Crippen LogP) is 3.33. The summed E-state index contributed by atoms with van der Waals surface area (Å²) in [4.78, 5) is 25.8. The molecule has 0 saturated carbocycles.